The largest absolute Gasteiger partial charge is 0.338 e. The van der Waals surface area contributed by atoms with Crippen LogP contribution in [0.1, 0.15) is 26.6 Å². The summed E-state index contributed by atoms with van der Waals surface area (Å²) < 4.78 is 0. The number of H-pyrrole nitrogens is 1. The van der Waals surface area contributed by atoms with Gasteiger partial charge in [0.2, 0.25) is 0 Å². The fraction of sp³-hybridized carbons (Fsp3) is 0.130. The maximum atomic E-state index is 13.4. The van der Waals surface area contributed by atoms with Gasteiger partial charge < -0.3 is 5.32 Å². The van der Waals surface area contributed by atoms with E-state index in [4.69, 9.17) is 0 Å². The fourth-order valence-electron chi connectivity index (χ4n) is 3.93. The van der Waals surface area contributed by atoms with Crippen molar-refractivity contribution in [2.75, 3.05) is 17.4 Å². The Morgan fingerprint density at radius 3 is 2.56 bits per heavy atom. The van der Waals surface area contributed by atoms with Crippen molar-refractivity contribution in [1.29, 1.82) is 0 Å². The molecule has 0 saturated heterocycles. The molecule has 2 heterocycles. The standard InChI is InChI=1S/C23H20N6O2S/c1-12-22(32-13(2)24-12)20-18-19(26-27-20)15-10-7-11-16(17(15)21(18)30)25-23(31)28-29(3)14-8-5-4-6-9-14/h4-11H,1-3H3,(H,26,27)(H2,25,28,31). The number of carbonyl (C=O) groups excluding carboxylic acids is 2. The van der Waals surface area contributed by atoms with E-state index in [1.807, 2.05) is 50.2 Å². The molecule has 0 fully saturated rings. The Morgan fingerprint density at radius 2 is 1.84 bits per heavy atom. The number of benzene rings is 2. The van der Waals surface area contributed by atoms with E-state index < -0.39 is 6.03 Å². The number of amides is 2. The average Bonchev–Trinajstić information content (AvgIpc) is 3.43. The predicted molar refractivity (Wildman–Crippen MR) is 125 cm³/mol. The lowest BCUT2D eigenvalue weighted by atomic mass is 10.1. The first kappa shape index (κ1) is 20.0. The molecule has 3 N–H and O–H groups in total. The number of aryl methyl sites for hydroxylation is 2. The van der Waals surface area contributed by atoms with E-state index in [1.165, 1.54) is 11.3 Å². The third-order valence-corrected chi connectivity index (χ3v) is 6.42. The first-order chi connectivity index (χ1) is 15.4. The molecule has 2 aromatic heterocycles. The number of hydrogen-bond acceptors (Lipinski definition) is 6. The molecule has 0 bridgehead atoms. The number of fused-ring (bicyclic) bond motifs is 3. The molecule has 0 aliphatic heterocycles. The number of carbonyl (C=O) groups is 2. The monoisotopic (exact) mass is 444 g/mol. The van der Waals surface area contributed by atoms with Crippen LogP contribution in [0.5, 0.6) is 0 Å². The van der Waals surface area contributed by atoms with Gasteiger partial charge in [0.1, 0.15) is 5.69 Å². The van der Waals surface area contributed by atoms with E-state index in [9.17, 15) is 9.59 Å². The highest BCUT2D eigenvalue weighted by molar-refractivity contribution is 7.15. The van der Waals surface area contributed by atoms with E-state index in [0.717, 1.165) is 21.3 Å². The van der Waals surface area contributed by atoms with E-state index >= 15 is 0 Å². The van der Waals surface area contributed by atoms with Gasteiger partial charge in [-0.3, -0.25) is 14.9 Å². The third kappa shape index (κ3) is 3.23. The molecule has 0 atom stereocenters. The number of ketones is 1. The van der Waals surface area contributed by atoms with Crippen LogP contribution in [0, 0.1) is 13.8 Å². The number of rotatable bonds is 4. The van der Waals surface area contributed by atoms with Crippen molar-refractivity contribution >= 4 is 34.5 Å². The van der Waals surface area contributed by atoms with Gasteiger partial charge >= 0.3 is 6.03 Å². The quantitative estimate of drug-likeness (QED) is 0.353. The number of hydrazine groups is 1. The van der Waals surface area contributed by atoms with Crippen LogP contribution in [0.15, 0.2) is 48.5 Å². The smallest absolute Gasteiger partial charge is 0.306 e. The van der Waals surface area contributed by atoms with Gasteiger partial charge in [-0.2, -0.15) is 5.10 Å². The van der Waals surface area contributed by atoms with Gasteiger partial charge in [-0.05, 0) is 32.0 Å². The molecule has 2 amide bonds. The zero-order chi connectivity index (χ0) is 22.4. The summed E-state index contributed by atoms with van der Waals surface area (Å²) in [5.41, 5.74) is 7.79. The summed E-state index contributed by atoms with van der Waals surface area (Å²) in [5.74, 6) is -0.170. The number of urea groups is 1. The van der Waals surface area contributed by atoms with Crippen LogP contribution in [0.3, 0.4) is 0 Å². The summed E-state index contributed by atoms with van der Waals surface area (Å²) in [7, 11) is 1.75. The van der Waals surface area contributed by atoms with Gasteiger partial charge in [0.05, 0.1) is 43.8 Å². The highest BCUT2D eigenvalue weighted by Crippen LogP contribution is 2.44. The van der Waals surface area contributed by atoms with Crippen molar-refractivity contribution in [3.05, 3.63) is 70.4 Å². The number of thiazole rings is 1. The second kappa shape index (κ2) is 7.61. The summed E-state index contributed by atoms with van der Waals surface area (Å²) in [5, 5.41) is 12.8. The number of para-hydroxylation sites is 1. The van der Waals surface area contributed by atoms with Crippen molar-refractivity contribution in [1.82, 2.24) is 20.6 Å². The molecule has 8 nitrogen and oxygen atoms in total. The van der Waals surface area contributed by atoms with Gasteiger partial charge in [-0.1, -0.05) is 30.3 Å². The van der Waals surface area contributed by atoms with Crippen LogP contribution in [0.4, 0.5) is 16.2 Å². The minimum absolute atomic E-state index is 0.170. The first-order valence-corrected chi connectivity index (χ1v) is 10.8. The number of nitrogens with one attached hydrogen (secondary N) is 3. The zero-order valence-corrected chi connectivity index (χ0v) is 18.5. The molecule has 2 aromatic carbocycles. The number of nitrogens with zero attached hydrogens (tertiary/aromatic N) is 3. The Balaban J connectivity index is 1.44. The molecule has 0 radical (unpaired) electrons. The van der Waals surface area contributed by atoms with E-state index in [-0.39, 0.29) is 5.78 Å². The molecule has 0 unspecified atom stereocenters. The number of hydrogen-bond donors (Lipinski definition) is 3. The van der Waals surface area contributed by atoms with Gasteiger partial charge in [0, 0.05) is 12.6 Å². The highest BCUT2D eigenvalue weighted by atomic mass is 32.1. The Labute approximate surface area is 188 Å². The summed E-state index contributed by atoms with van der Waals surface area (Å²) in [6.07, 6.45) is 0. The maximum Gasteiger partial charge on any atom is 0.338 e. The van der Waals surface area contributed by atoms with E-state index in [0.29, 0.717) is 33.8 Å². The van der Waals surface area contributed by atoms with Crippen LogP contribution in [-0.4, -0.2) is 34.0 Å². The minimum atomic E-state index is -0.446. The Hall–Kier alpha value is -3.98. The molecule has 9 heteroatoms. The molecule has 0 saturated carbocycles. The van der Waals surface area contributed by atoms with Crippen LogP contribution in [0.2, 0.25) is 0 Å². The fourth-order valence-corrected chi connectivity index (χ4v) is 4.85. The van der Waals surface area contributed by atoms with Crippen LogP contribution in [-0.2, 0) is 0 Å². The molecule has 5 rings (SSSR count). The maximum absolute atomic E-state index is 13.4. The molecule has 0 spiro atoms. The summed E-state index contributed by atoms with van der Waals surface area (Å²) in [4.78, 5) is 31.5. The predicted octanol–water partition coefficient (Wildman–Crippen LogP) is 4.53. The van der Waals surface area contributed by atoms with Crippen molar-refractivity contribution in [3.63, 3.8) is 0 Å². The number of anilines is 2. The van der Waals surface area contributed by atoms with Gasteiger partial charge in [-0.25, -0.2) is 15.2 Å². The molecule has 160 valence electrons. The summed E-state index contributed by atoms with van der Waals surface area (Å²) in [6, 6.07) is 14.4. The molecule has 1 aliphatic carbocycles. The lowest BCUT2D eigenvalue weighted by molar-refractivity contribution is 0.104. The van der Waals surface area contributed by atoms with Crippen molar-refractivity contribution < 1.29 is 9.59 Å². The highest BCUT2D eigenvalue weighted by Gasteiger charge is 2.36. The van der Waals surface area contributed by atoms with E-state index in [2.05, 4.69) is 25.9 Å². The molecule has 32 heavy (non-hydrogen) atoms. The molecular weight excluding hydrogens is 424 g/mol. The van der Waals surface area contributed by atoms with E-state index in [1.54, 1.807) is 24.2 Å². The van der Waals surface area contributed by atoms with Crippen LogP contribution < -0.4 is 15.8 Å². The van der Waals surface area contributed by atoms with Crippen molar-refractivity contribution in [2.45, 2.75) is 13.8 Å². The van der Waals surface area contributed by atoms with Crippen molar-refractivity contribution in [2.24, 2.45) is 0 Å². The van der Waals surface area contributed by atoms with Gasteiger partial charge in [-0.15, -0.1) is 11.3 Å². The molecular formula is C23H20N6O2S. The lowest BCUT2D eigenvalue weighted by Crippen LogP contribution is -2.42. The average molecular weight is 445 g/mol. The van der Waals surface area contributed by atoms with Crippen molar-refractivity contribution in [3.8, 4) is 21.8 Å². The Kier molecular flexibility index (Phi) is 4.75. The topological polar surface area (TPSA) is 103 Å². The number of aromatic nitrogens is 3. The van der Waals surface area contributed by atoms with Crippen LogP contribution in [0.25, 0.3) is 21.8 Å². The SMILES string of the molecule is Cc1nc(C)c(-c2[nH]nc3c2C(=O)c2c(NC(=O)NN(C)c4ccccc4)cccc2-3)s1. The van der Waals surface area contributed by atoms with Gasteiger partial charge in [0.15, 0.2) is 5.78 Å². The lowest BCUT2D eigenvalue weighted by Gasteiger charge is -2.21. The third-order valence-electron chi connectivity index (χ3n) is 5.33. The van der Waals surface area contributed by atoms with Gasteiger partial charge in [0.25, 0.3) is 0 Å². The zero-order valence-electron chi connectivity index (χ0n) is 17.7. The Bertz CT molecular complexity index is 1360. The Morgan fingerprint density at radius 1 is 1.06 bits per heavy atom. The summed E-state index contributed by atoms with van der Waals surface area (Å²) in [6.45, 7) is 3.85. The summed E-state index contributed by atoms with van der Waals surface area (Å²) >= 11 is 1.52. The molecule has 4 aromatic rings. The first-order valence-electron chi connectivity index (χ1n) is 10.0. The normalized spacial score (nSPS) is 11.8. The van der Waals surface area contributed by atoms with Crippen LogP contribution >= 0.6 is 11.3 Å². The molecule has 1 aliphatic rings. The second-order valence-corrected chi connectivity index (χ2v) is 8.69. The number of aromatic amines is 1. The second-order valence-electron chi connectivity index (χ2n) is 7.49. The minimum Gasteiger partial charge on any atom is -0.306 e.